The molecule has 1 fully saturated rings. The molecule has 7 nitrogen and oxygen atoms in total. The maximum atomic E-state index is 13.4. The quantitative estimate of drug-likeness (QED) is 0.190. The predicted octanol–water partition coefficient (Wildman–Crippen LogP) is 6.61. The molecule has 5 rings (SSSR count). The third kappa shape index (κ3) is 6.62. The Morgan fingerprint density at radius 2 is 1.46 bits per heavy atom. The molecule has 0 spiro atoms. The first-order chi connectivity index (χ1) is 19.8. The topological polar surface area (TPSA) is 84.9 Å². The molecule has 0 saturated carbocycles. The zero-order valence-corrected chi connectivity index (χ0v) is 22.7. The van der Waals surface area contributed by atoms with E-state index in [-0.39, 0.29) is 23.7 Å². The Kier molecular flexibility index (Phi) is 8.12. The minimum atomic E-state index is -0.871. The van der Waals surface area contributed by atoms with E-state index in [4.69, 9.17) is 21.1 Å². The molecular weight excluding hydrogens is 547 g/mol. The highest BCUT2D eigenvalue weighted by Gasteiger charge is 2.37. The van der Waals surface area contributed by atoms with Gasteiger partial charge in [0.15, 0.2) is 0 Å². The van der Waals surface area contributed by atoms with Gasteiger partial charge >= 0.3 is 6.03 Å². The Morgan fingerprint density at radius 1 is 0.829 bits per heavy atom. The zero-order chi connectivity index (χ0) is 28.9. The van der Waals surface area contributed by atoms with Crippen molar-refractivity contribution in [2.75, 3.05) is 4.90 Å². The van der Waals surface area contributed by atoms with Crippen LogP contribution in [0.3, 0.4) is 0 Å². The molecule has 0 radical (unpaired) electrons. The first-order valence-electron chi connectivity index (χ1n) is 12.6. The average molecular weight is 571 g/mol. The maximum Gasteiger partial charge on any atom is 0.335 e. The molecule has 41 heavy (non-hydrogen) atoms. The summed E-state index contributed by atoms with van der Waals surface area (Å²) in [6, 6.07) is 24.0. The molecule has 1 heterocycles. The number of halogens is 2. The summed E-state index contributed by atoms with van der Waals surface area (Å²) in [6.45, 7) is 2.48. The van der Waals surface area contributed by atoms with Crippen molar-refractivity contribution in [3.63, 3.8) is 0 Å². The molecule has 1 aliphatic rings. The fraction of sp³-hybridized carbons (Fsp3) is 0.0938. The summed E-state index contributed by atoms with van der Waals surface area (Å²) in [6.07, 6.45) is 1.32. The number of ether oxygens (including phenoxy) is 2. The van der Waals surface area contributed by atoms with Crippen LogP contribution in [-0.2, 0) is 22.8 Å². The lowest BCUT2D eigenvalue weighted by Crippen LogP contribution is -2.54. The maximum absolute atomic E-state index is 13.4. The van der Waals surface area contributed by atoms with E-state index in [0.29, 0.717) is 28.7 Å². The lowest BCUT2D eigenvalue weighted by Gasteiger charge is -2.26. The van der Waals surface area contributed by atoms with Crippen molar-refractivity contribution in [1.29, 1.82) is 0 Å². The van der Waals surface area contributed by atoms with E-state index >= 15 is 0 Å². The number of barbiturate groups is 1. The zero-order valence-electron chi connectivity index (χ0n) is 21.9. The fourth-order valence-electron chi connectivity index (χ4n) is 4.10. The van der Waals surface area contributed by atoms with E-state index < -0.39 is 17.8 Å². The first kappa shape index (κ1) is 27.6. The van der Waals surface area contributed by atoms with Crippen molar-refractivity contribution >= 4 is 41.2 Å². The number of nitrogens with zero attached hydrogens (tertiary/aromatic N) is 1. The molecule has 0 unspecified atom stereocenters. The average Bonchev–Trinajstić information content (AvgIpc) is 2.96. The van der Waals surface area contributed by atoms with Crippen LogP contribution in [0.15, 0.2) is 96.6 Å². The summed E-state index contributed by atoms with van der Waals surface area (Å²) < 4.78 is 24.9. The van der Waals surface area contributed by atoms with Crippen molar-refractivity contribution in [3.05, 3.63) is 130 Å². The lowest BCUT2D eigenvalue weighted by molar-refractivity contribution is -0.122. The number of amides is 4. The summed E-state index contributed by atoms with van der Waals surface area (Å²) in [5, 5.41) is 2.56. The second-order valence-corrected chi connectivity index (χ2v) is 9.76. The van der Waals surface area contributed by atoms with Crippen LogP contribution in [0.4, 0.5) is 14.9 Å². The Morgan fingerprint density at radius 3 is 2.15 bits per heavy atom. The second-order valence-electron chi connectivity index (χ2n) is 9.32. The standard InChI is InChI=1S/C32H24ClFN2O5/c1-20-2-4-21(5-3-20)18-40-27-13-11-26(12-14-27)36-31(38)28(30(37)35-32(36)39)17-23-16-24(33)8-15-29(23)41-19-22-6-9-25(34)10-7-22/h2-17H,18-19H2,1H3,(H,35,37,39)/b28-17+. The van der Waals surface area contributed by atoms with Crippen LogP contribution < -0.4 is 19.7 Å². The van der Waals surface area contributed by atoms with Crippen molar-refractivity contribution in [1.82, 2.24) is 5.32 Å². The summed E-state index contributed by atoms with van der Waals surface area (Å²) in [4.78, 5) is 39.7. The van der Waals surface area contributed by atoms with Crippen LogP contribution in [0.1, 0.15) is 22.3 Å². The van der Waals surface area contributed by atoms with E-state index in [1.807, 2.05) is 31.2 Å². The Balaban J connectivity index is 1.35. The minimum absolute atomic E-state index is 0.112. The highest BCUT2D eigenvalue weighted by molar-refractivity contribution is 6.39. The Bertz CT molecular complexity index is 1630. The van der Waals surface area contributed by atoms with Gasteiger partial charge < -0.3 is 9.47 Å². The van der Waals surface area contributed by atoms with Gasteiger partial charge in [0.1, 0.15) is 36.1 Å². The number of hydrogen-bond acceptors (Lipinski definition) is 5. The van der Waals surface area contributed by atoms with Crippen LogP contribution in [0.25, 0.3) is 6.08 Å². The van der Waals surface area contributed by atoms with Gasteiger partial charge in [-0.2, -0.15) is 0 Å². The van der Waals surface area contributed by atoms with Gasteiger partial charge in [0.25, 0.3) is 11.8 Å². The first-order valence-corrected chi connectivity index (χ1v) is 13.0. The van der Waals surface area contributed by atoms with E-state index in [1.54, 1.807) is 48.5 Å². The molecule has 4 aromatic rings. The number of carbonyl (C=O) groups is 3. The number of hydrogen-bond donors (Lipinski definition) is 1. The third-order valence-corrected chi connectivity index (χ3v) is 6.54. The van der Waals surface area contributed by atoms with Gasteiger partial charge in [0.2, 0.25) is 0 Å². The molecule has 9 heteroatoms. The van der Waals surface area contributed by atoms with E-state index in [9.17, 15) is 18.8 Å². The SMILES string of the molecule is Cc1ccc(COc2ccc(N3C(=O)NC(=O)/C(=C\c4cc(Cl)ccc4OCc4ccc(F)cc4)C3=O)cc2)cc1. The molecule has 0 bridgehead atoms. The van der Waals surface area contributed by atoms with Gasteiger partial charge in [-0.3, -0.25) is 14.9 Å². The van der Waals surface area contributed by atoms with Gasteiger partial charge in [-0.05, 0) is 78.7 Å². The number of carbonyl (C=O) groups excluding carboxylic acids is 3. The van der Waals surface area contributed by atoms with E-state index in [0.717, 1.165) is 21.6 Å². The Hall–Kier alpha value is -4.95. The smallest absolute Gasteiger partial charge is 0.335 e. The molecule has 1 aliphatic heterocycles. The highest BCUT2D eigenvalue weighted by Crippen LogP contribution is 2.29. The number of benzene rings is 4. The molecule has 4 amide bonds. The minimum Gasteiger partial charge on any atom is -0.489 e. The van der Waals surface area contributed by atoms with E-state index in [2.05, 4.69) is 5.32 Å². The van der Waals surface area contributed by atoms with Crippen LogP contribution in [0, 0.1) is 12.7 Å². The summed E-state index contributed by atoms with van der Waals surface area (Å²) in [5.41, 5.74) is 3.20. The van der Waals surface area contributed by atoms with Crippen LogP contribution in [0.2, 0.25) is 5.02 Å². The molecule has 206 valence electrons. The van der Waals surface area contributed by atoms with Gasteiger partial charge in [-0.1, -0.05) is 53.6 Å². The molecule has 0 aliphatic carbocycles. The number of nitrogens with one attached hydrogen (secondary N) is 1. The summed E-state index contributed by atoms with van der Waals surface area (Å²) in [7, 11) is 0. The summed E-state index contributed by atoms with van der Waals surface area (Å²) in [5.74, 6) is -1.13. The molecule has 0 aromatic heterocycles. The number of urea groups is 1. The molecule has 0 atom stereocenters. The number of aryl methyl sites for hydroxylation is 1. The highest BCUT2D eigenvalue weighted by atomic mass is 35.5. The molecule has 1 saturated heterocycles. The lowest BCUT2D eigenvalue weighted by atomic mass is 10.1. The van der Waals surface area contributed by atoms with Gasteiger partial charge in [0.05, 0.1) is 5.69 Å². The molecular formula is C32H24ClFN2O5. The van der Waals surface area contributed by atoms with Crippen molar-refractivity contribution in [3.8, 4) is 11.5 Å². The number of imide groups is 2. The molecule has 4 aromatic carbocycles. The van der Waals surface area contributed by atoms with Crippen LogP contribution in [0.5, 0.6) is 11.5 Å². The molecule has 1 N–H and O–H groups in total. The normalized spacial score (nSPS) is 14.3. The van der Waals surface area contributed by atoms with Gasteiger partial charge in [0, 0.05) is 10.6 Å². The Labute approximate surface area is 240 Å². The fourth-order valence-corrected chi connectivity index (χ4v) is 4.28. The van der Waals surface area contributed by atoms with Crippen molar-refractivity contribution in [2.24, 2.45) is 0 Å². The monoisotopic (exact) mass is 570 g/mol. The van der Waals surface area contributed by atoms with Crippen LogP contribution in [-0.4, -0.2) is 17.8 Å². The van der Waals surface area contributed by atoms with Crippen LogP contribution >= 0.6 is 11.6 Å². The van der Waals surface area contributed by atoms with Crippen molar-refractivity contribution in [2.45, 2.75) is 20.1 Å². The van der Waals surface area contributed by atoms with E-state index in [1.165, 1.54) is 24.3 Å². The van der Waals surface area contributed by atoms with Gasteiger partial charge in [-0.15, -0.1) is 0 Å². The third-order valence-electron chi connectivity index (χ3n) is 6.30. The number of rotatable bonds is 8. The predicted molar refractivity (Wildman–Crippen MR) is 153 cm³/mol. The largest absolute Gasteiger partial charge is 0.489 e. The second kappa shape index (κ2) is 12.1. The number of anilines is 1. The van der Waals surface area contributed by atoms with Crippen molar-refractivity contribution < 1.29 is 28.2 Å². The summed E-state index contributed by atoms with van der Waals surface area (Å²) >= 11 is 6.19. The van der Waals surface area contributed by atoms with Gasteiger partial charge in [-0.25, -0.2) is 14.1 Å².